The molecule has 0 amide bonds. The highest BCUT2D eigenvalue weighted by Crippen LogP contribution is 2.42. The van der Waals surface area contributed by atoms with E-state index in [9.17, 15) is 0 Å². The zero-order chi connectivity index (χ0) is 47.4. The van der Waals surface area contributed by atoms with Crippen molar-refractivity contribution in [3.05, 3.63) is 278 Å². The maximum Gasteiger partial charge on any atom is 0.0423 e. The summed E-state index contributed by atoms with van der Waals surface area (Å²) in [5, 5.41) is 0. The third-order valence-corrected chi connectivity index (χ3v) is 15.0. The van der Waals surface area contributed by atoms with Crippen molar-refractivity contribution in [1.82, 2.24) is 0 Å². The summed E-state index contributed by atoms with van der Waals surface area (Å²) in [5.74, 6) is 0.573. The maximum absolute atomic E-state index is 2.41. The molecular weight excluding hydrogens is 908 g/mol. The lowest BCUT2D eigenvalue weighted by atomic mass is 9.70. The van der Waals surface area contributed by atoms with E-state index >= 15 is 0 Å². The SMILES string of the molecule is Cc1cc(C)c(C(c2ccc(I)cc2)c2c(C)cc(C)cc2C)c(C)c1.Cc1cc(C)c(C)c(Cc2cc(C)cc(C)c2C(C)c2ccc(C(C)(c3ccccc3)c3ccccc3)cc2)c1. The molecule has 0 bridgehead atoms. The van der Waals surface area contributed by atoms with Crippen molar-refractivity contribution in [1.29, 1.82) is 0 Å². The average molecular weight is 977 g/mol. The van der Waals surface area contributed by atoms with E-state index in [-0.39, 0.29) is 11.3 Å². The van der Waals surface area contributed by atoms with Crippen LogP contribution in [0.2, 0.25) is 0 Å². The highest BCUT2D eigenvalue weighted by atomic mass is 127. The molecule has 8 aromatic carbocycles. The van der Waals surface area contributed by atoms with Crippen LogP contribution in [-0.4, -0.2) is 0 Å². The Morgan fingerprint density at radius 3 is 1.21 bits per heavy atom. The molecule has 8 rings (SSSR count). The zero-order valence-electron chi connectivity index (χ0n) is 41.8. The number of halogens is 1. The molecule has 0 fully saturated rings. The standard InChI is InChI=1S/C40H42.C25H27I/c1-27-22-29(3)31(5)34(24-27)26-35-25-28(2)23-30(4)39(35)32(6)33-18-20-38(21-19-33)40(7,36-14-10-8-11-15-36)37-16-12-9-13-17-37;1-15-11-17(3)23(18(4)12-15)25(21-7-9-22(26)10-8-21)24-19(5)13-16(2)14-20(24)6/h8-25,32H,26H2,1-7H3;7-14,25H,1-6H3. The molecule has 1 heteroatoms. The predicted octanol–water partition coefficient (Wildman–Crippen LogP) is 17.6. The highest BCUT2D eigenvalue weighted by molar-refractivity contribution is 14.1. The fourth-order valence-electron chi connectivity index (χ4n) is 11.1. The summed E-state index contributed by atoms with van der Waals surface area (Å²) in [7, 11) is 0. The zero-order valence-corrected chi connectivity index (χ0v) is 43.9. The molecule has 0 heterocycles. The molecule has 1 atom stereocenters. The predicted molar refractivity (Wildman–Crippen MR) is 293 cm³/mol. The van der Waals surface area contributed by atoms with Crippen LogP contribution < -0.4 is 0 Å². The second-order valence-electron chi connectivity index (χ2n) is 19.5. The topological polar surface area (TPSA) is 0 Å². The van der Waals surface area contributed by atoms with Gasteiger partial charge in [0.05, 0.1) is 0 Å². The smallest absolute Gasteiger partial charge is 0.0423 e. The van der Waals surface area contributed by atoms with Crippen molar-refractivity contribution < 1.29 is 0 Å². The van der Waals surface area contributed by atoms with Crippen LogP contribution in [0.15, 0.2) is 158 Å². The lowest BCUT2D eigenvalue weighted by Gasteiger charge is -2.32. The number of rotatable bonds is 10. The Hall–Kier alpha value is -5.51. The van der Waals surface area contributed by atoms with E-state index < -0.39 is 0 Å². The first kappa shape index (κ1) is 48.4. The van der Waals surface area contributed by atoms with Gasteiger partial charge in [-0.05, 0) is 219 Å². The van der Waals surface area contributed by atoms with Gasteiger partial charge in [-0.2, -0.15) is 0 Å². The first-order valence-corrected chi connectivity index (χ1v) is 24.8. The molecule has 0 aliphatic rings. The third-order valence-electron chi connectivity index (χ3n) is 14.3. The van der Waals surface area contributed by atoms with Crippen molar-refractivity contribution >= 4 is 22.6 Å². The largest absolute Gasteiger partial charge is 0.0622 e. The molecule has 336 valence electrons. The molecular formula is C65H69I. The van der Waals surface area contributed by atoms with Crippen molar-refractivity contribution in [2.24, 2.45) is 0 Å². The summed E-state index contributed by atoms with van der Waals surface area (Å²) in [6, 6.07) is 58.9. The Morgan fingerprint density at radius 1 is 0.394 bits per heavy atom. The summed E-state index contributed by atoms with van der Waals surface area (Å²) in [5.41, 5.74) is 28.7. The lowest BCUT2D eigenvalue weighted by Crippen LogP contribution is -2.25. The van der Waals surface area contributed by atoms with Gasteiger partial charge in [0, 0.05) is 20.8 Å². The van der Waals surface area contributed by atoms with E-state index in [1.807, 2.05) is 0 Å². The van der Waals surface area contributed by atoms with Gasteiger partial charge in [0.15, 0.2) is 0 Å². The molecule has 0 saturated carbocycles. The van der Waals surface area contributed by atoms with E-state index in [0.29, 0.717) is 5.92 Å². The van der Waals surface area contributed by atoms with Crippen LogP contribution >= 0.6 is 22.6 Å². The van der Waals surface area contributed by atoms with Crippen molar-refractivity contribution in [2.75, 3.05) is 0 Å². The molecule has 8 aromatic rings. The molecule has 0 radical (unpaired) electrons. The first-order chi connectivity index (χ1) is 31.5. The molecule has 0 aliphatic carbocycles. The molecule has 0 spiro atoms. The Bertz CT molecular complexity index is 2810. The van der Waals surface area contributed by atoms with Gasteiger partial charge in [0.2, 0.25) is 0 Å². The minimum atomic E-state index is -0.226. The number of hydrogen-bond donors (Lipinski definition) is 0. The van der Waals surface area contributed by atoms with Crippen molar-refractivity contribution in [3.63, 3.8) is 0 Å². The highest BCUT2D eigenvalue weighted by Gasteiger charge is 2.31. The van der Waals surface area contributed by atoms with Crippen LogP contribution in [0.3, 0.4) is 0 Å². The molecule has 0 aromatic heterocycles. The van der Waals surface area contributed by atoms with Gasteiger partial charge in [-0.25, -0.2) is 0 Å². The molecule has 66 heavy (non-hydrogen) atoms. The minimum Gasteiger partial charge on any atom is -0.0622 e. The summed E-state index contributed by atoms with van der Waals surface area (Å²) in [6.07, 6.45) is 0.967. The first-order valence-electron chi connectivity index (χ1n) is 23.7. The fraction of sp³-hybridized carbons (Fsp3) is 0.262. The van der Waals surface area contributed by atoms with E-state index in [2.05, 4.69) is 270 Å². The van der Waals surface area contributed by atoms with Gasteiger partial charge < -0.3 is 0 Å². The van der Waals surface area contributed by atoms with Crippen LogP contribution in [-0.2, 0) is 11.8 Å². The van der Waals surface area contributed by atoms with E-state index in [0.717, 1.165) is 6.42 Å². The quantitative estimate of drug-likeness (QED) is 0.0946. The summed E-state index contributed by atoms with van der Waals surface area (Å²) in [6.45, 7) is 29.3. The summed E-state index contributed by atoms with van der Waals surface area (Å²) >= 11 is 2.38. The Morgan fingerprint density at radius 2 is 0.758 bits per heavy atom. The second kappa shape index (κ2) is 20.6. The Labute approximate surface area is 411 Å². The minimum absolute atomic E-state index is 0.226. The van der Waals surface area contributed by atoms with E-state index in [1.54, 1.807) is 0 Å². The molecule has 1 unspecified atom stereocenters. The van der Waals surface area contributed by atoms with Gasteiger partial charge in [0.25, 0.3) is 0 Å². The number of aryl methyl sites for hydroxylation is 10. The monoisotopic (exact) mass is 976 g/mol. The molecule has 0 nitrogen and oxygen atoms in total. The van der Waals surface area contributed by atoms with Gasteiger partial charge in [0.1, 0.15) is 0 Å². The summed E-state index contributed by atoms with van der Waals surface area (Å²) in [4.78, 5) is 0. The van der Waals surface area contributed by atoms with Gasteiger partial charge in [-0.3, -0.25) is 0 Å². The maximum atomic E-state index is 2.41. The lowest BCUT2D eigenvalue weighted by molar-refractivity contribution is 0.691. The molecule has 0 aliphatic heterocycles. The van der Waals surface area contributed by atoms with Crippen molar-refractivity contribution in [3.8, 4) is 0 Å². The second-order valence-corrected chi connectivity index (χ2v) is 20.8. The molecule has 0 N–H and O–H groups in total. The van der Waals surface area contributed by atoms with Crippen LogP contribution in [0.25, 0.3) is 0 Å². The van der Waals surface area contributed by atoms with Crippen molar-refractivity contribution in [2.45, 2.75) is 114 Å². The van der Waals surface area contributed by atoms with Crippen LogP contribution in [0, 0.1) is 79.7 Å². The van der Waals surface area contributed by atoms with Crippen LogP contribution in [0.1, 0.15) is 143 Å². The normalized spacial score (nSPS) is 11.9. The van der Waals surface area contributed by atoms with Gasteiger partial charge in [-0.1, -0.05) is 175 Å². The van der Waals surface area contributed by atoms with Crippen LogP contribution in [0.4, 0.5) is 0 Å². The Balaban J connectivity index is 0.000000215. The number of hydrogen-bond acceptors (Lipinski definition) is 0. The molecule has 0 saturated heterocycles. The summed E-state index contributed by atoms with van der Waals surface area (Å²) < 4.78 is 1.28. The van der Waals surface area contributed by atoms with Crippen LogP contribution in [0.5, 0.6) is 0 Å². The third kappa shape index (κ3) is 10.4. The average Bonchev–Trinajstić information content (AvgIpc) is 3.27. The van der Waals surface area contributed by atoms with Gasteiger partial charge in [-0.15, -0.1) is 0 Å². The van der Waals surface area contributed by atoms with E-state index in [4.69, 9.17) is 0 Å². The fourth-order valence-corrected chi connectivity index (χ4v) is 11.4. The van der Waals surface area contributed by atoms with E-state index in [1.165, 1.54) is 120 Å². The Kier molecular flexibility index (Phi) is 15.1. The van der Waals surface area contributed by atoms with Gasteiger partial charge >= 0.3 is 0 Å². The number of benzene rings is 8.